The molecule has 1 aromatic rings. The van der Waals surface area contributed by atoms with Gasteiger partial charge in [0, 0.05) is 0 Å². The molecule has 0 bridgehead atoms. The molecule has 0 aliphatic carbocycles. The van der Waals surface area contributed by atoms with Crippen molar-refractivity contribution < 1.29 is 8.42 Å². The Morgan fingerprint density at radius 2 is 2.15 bits per heavy atom. The Labute approximate surface area is 77.8 Å². The molecular weight excluding hydrogens is 190 g/mol. The third-order valence-electron chi connectivity index (χ3n) is 1.69. The quantitative estimate of drug-likeness (QED) is 0.659. The summed E-state index contributed by atoms with van der Waals surface area (Å²) in [7, 11) is -3.25. The maximum Gasteiger partial charge on any atom is 0.255 e. The SMILES string of the molecule is CCCCCS(=O)(=O)n1ccnn1. The second kappa shape index (κ2) is 4.36. The fourth-order valence-corrected chi connectivity index (χ4v) is 2.12. The molecule has 0 aliphatic heterocycles. The molecule has 0 atom stereocenters. The van der Waals surface area contributed by atoms with Gasteiger partial charge in [-0.25, -0.2) is 8.42 Å². The van der Waals surface area contributed by atoms with Crippen LogP contribution in [-0.4, -0.2) is 28.6 Å². The zero-order valence-corrected chi connectivity index (χ0v) is 8.37. The van der Waals surface area contributed by atoms with Crippen LogP contribution < -0.4 is 0 Å². The lowest BCUT2D eigenvalue weighted by atomic mass is 10.3. The van der Waals surface area contributed by atoms with Gasteiger partial charge in [-0.1, -0.05) is 25.0 Å². The van der Waals surface area contributed by atoms with Crippen molar-refractivity contribution in [2.24, 2.45) is 0 Å². The third-order valence-corrected chi connectivity index (χ3v) is 3.26. The van der Waals surface area contributed by atoms with E-state index in [9.17, 15) is 8.42 Å². The van der Waals surface area contributed by atoms with Crippen LogP contribution in [0.25, 0.3) is 0 Å². The van der Waals surface area contributed by atoms with Crippen LogP contribution in [-0.2, 0) is 10.0 Å². The maximum absolute atomic E-state index is 11.4. The summed E-state index contributed by atoms with van der Waals surface area (Å²) in [5, 5.41) is 6.90. The van der Waals surface area contributed by atoms with Crippen molar-refractivity contribution in [3.05, 3.63) is 12.4 Å². The topological polar surface area (TPSA) is 64.8 Å². The van der Waals surface area contributed by atoms with Gasteiger partial charge in [-0.15, -0.1) is 9.19 Å². The second-order valence-corrected chi connectivity index (χ2v) is 4.74. The predicted molar refractivity (Wildman–Crippen MR) is 48.7 cm³/mol. The van der Waals surface area contributed by atoms with E-state index in [0.717, 1.165) is 16.9 Å². The Kier molecular flexibility index (Phi) is 3.41. The van der Waals surface area contributed by atoms with Crippen molar-refractivity contribution >= 4 is 10.0 Å². The van der Waals surface area contributed by atoms with E-state index in [0.29, 0.717) is 6.42 Å². The first-order valence-electron chi connectivity index (χ1n) is 4.26. The molecule has 0 saturated heterocycles. The van der Waals surface area contributed by atoms with Gasteiger partial charge in [-0.05, 0) is 6.42 Å². The molecule has 0 radical (unpaired) electrons. The number of rotatable bonds is 5. The van der Waals surface area contributed by atoms with E-state index in [1.807, 2.05) is 6.92 Å². The van der Waals surface area contributed by atoms with Crippen LogP contribution in [0.3, 0.4) is 0 Å². The molecule has 1 aromatic heterocycles. The second-order valence-electron chi connectivity index (χ2n) is 2.80. The standard InChI is InChI=1S/C7H13N3O2S/c1-2-3-4-7-13(11,12)10-6-5-8-9-10/h5-6H,2-4,7H2,1H3. The fourth-order valence-electron chi connectivity index (χ4n) is 0.974. The van der Waals surface area contributed by atoms with Gasteiger partial charge >= 0.3 is 0 Å². The highest BCUT2D eigenvalue weighted by molar-refractivity contribution is 7.89. The van der Waals surface area contributed by atoms with Gasteiger partial charge in [-0.3, -0.25) is 0 Å². The summed E-state index contributed by atoms with van der Waals surface area (Å²) < 4.78 is 23.8. The summed E-state index contributed by atoms with van der Waals surface area (Å²) in [4.78, 5) is 0. The van der Waals surface area contributed by atoms with E-state index in [4.69, 9.17) is 0 Å². The number of unbranched alkanes of at least 4 members (excludes halogenated alkanes) is 2. The van der Waals surface area contributed by atoms with Crippen molar-refractivity contribution in [3.63, 3.8) is 0 Å². The molecule has 1 rings (SSSR count). The van der Waals surface area contributed by atoms with Crippen LogP contribution in [0.4, 0.5) is 0 Å². The van der Waals surface area contributed by atoms with Gasteiger partial charge in [0.05, 0.1) is 18.1 Å². The lowest BCUT2D eigenvalue weighted by molar-refractivity contribution is 0.572. The number of hydrogen-bond donors (Lipinski definition) is 0. The first kappa shape index (κ1) is 10.2. The van der Waals surface area contributed by atoms with Crippen molar-refractivity contribution in [1.29, 1.82) is 0 Å². The van der Waals surface area contributed by atoms with Crippen LogP contribution in [0.2, 0.25) is 0 Å². The molecule has 1 heterocycles. The Bertz CT molecular complexity index is 331. The molecule has 0 saturated carbocycles. The van der Waals surface area contributed by atoms with E-state index < -0.39 is 10.0 Å². The number of aromatic nitrogens is 3. The van der Waals surface area contributed by atoms with E-state index in [1.165, 1.54) is 12.4 Å². The average Bonchev–Trinajstić information content (AvgIpc) is 2.56. The Morgan fingerprint density at radius 1 is 1.38 bits per heavy atom. The van der Waals surface area contributed by atoms with Gasteiger partial charge in [-0.2, -0.15) is 0 Å². The highest BCUT2D eigenvalue weighted by Gasteiger charge is 2.12. The summed E-state index contributed by atoms with van der Waals surface area (Å²) in [5.41, 5.74) is 0. The van der Waals surface area contributed by atoms with Crippen molar-refractivity contribution in [1.82, 2.24) is 14.4 Å². The highest BCUT2D eigenvalue weighted by atomic mass is 32.2. The lowest BCUT2D eigenvalue weighted by Crippen LogP contribution is -2.17. The monoisotopic (exact) mass is 203 g/mol. The summed E-state index contributed by atoms with van der Waals surface area (Å²) in [5.74, 6) is 0.143. The first-order chi connectivity index (χ1) is 6.17. The van der Waals surface area contributed by atoms with Crippen LogP contribution in [0.5, 0.6) is 0 Å². The lowest BCUT2D eigenvalue weighted by Gasteiger charge is -2.01. The third kappa shape index (κ3) is 2.80. The average molecular weight is 203 g/mol. The minimum Gasteiger partial charge on any atom is -0.205 e. The van der Waals surface area contributed by atoms with E-state index in [-0.39, 0.29) is 5.75 Å². The smallest absolute Gasteiger partial charge is 0.205 e. The maximum atomic E-state index is 11.4. The normalized spacial score (nSPS) is 11.8. The van der Waals surface area contributed by atoms with Gasteiger partial charge in [0.2, 0.25) is 0 Å². The fraction of sp³-hybridized carbons (Fsp3) is 0.714. The van der Waals surface area contributed by atoms with Crippen LogP contribution in [0.15, 0.2) is 12.4 Å². The van der Waals surface area contributed by atoms with Crippen molar-refractivity contribution in [3.8, 4) is 0 Å². The summed E-state index contributed by atoms with van der Waals surface area (Å²) >= 11 is 0. The highest BCUT2D eigenvalue weighted by Crippen LogP contribution is 2.01. The molecule has 0 unspecified atom stereocenters. The molecule has 0 fully saturated rings. The predicted octanol–water partition coefficient (Wildman–Crippen LogP) is 0.646. The zero-order chi connectivity index (χ0) is 9.73. The van der Waals surface area contributed by atoms with E-state index >= 15 is 0 Å². The molecule has 0 amide bonds. The van der Waals surface area contributed by atoms with Crippen LogP contribution in [0.1, 0.15) is 26.2 Å². The van der Waals surface area contributed by atoms with Gasteiger partial charge in [0.15, 0.2) is 0 Å². The van der Waals surface area contributed by atoms with Gasteiger partial charge in [0.25, 0.3) is 10.0 Å². The summed E-state index contributed by atoms with van der Waals surface area (Å²) in [6.45, 7) is 2.03. The van der Waals surface area contributed by atoms with Crippen molar-refractivity contribution in [2.45, 2.75) is 26.2 Å². The summed E-state index contributed by atoms with van der Waals surface area (Å²) in [6.07, 6.45) is 5.32. The molecule has 74 valence electrons. The molecule has 0 aromatic carbocycles. The van der Waals surface area contributed by atoms with Gasteiger partial charge < -0.3 is 0 Å². The Balaban J connectivity index is 2.58. The number of hydrogen-bond acceptors (Lipinski definition) is 4. The molecule has 0 spiro atoms. The zero-order valence-electron chi connectivity index (χ0n) is 7.55. The Hall–Kier alpha value is -0.910. The van der Waals surface area contributed by atoms with Crippen LogP contribution >= 0.6 is 0 Å². The molecular formula is C7H13N3O2S. The molecule has 5 nitrogen and oxygen atoms in total. The minimum absolute atomic E-state index is 0.143. The number of nitrogens with zero attached hydrogens (tertiary/aromatic N) is 3. The van der Waals surface area contributed by atoms with E-state index in [2.05, 4.69) is 10.3 Å². The largest absolute Gasteiger partial charge is 0.255 e. The molecule has 13 heavy (non-hydrogen) atoms. The van der Waals surface area contributed by atoms with E-state index in [1.54, 1.807) is 0 Å². The molecule has 0 N–H and O–H groups in total. The molecule has 0 aliphatic rings. The summed E-state index contributed by atoms with van der Waals surface area (Å²) in [6, 6.07) is 0. The van der Waals surface area contributed by atoms with Crippen LogP contribution in [0, 0.1) is 0 Å². The molecule has 6 heteroatoms. The minimum atomic E-state index is -3.25. The Morgan fingerprint density at radius 3 is 2.69 bits per heavy atom. The van der Waals surface area contributed by atoms with Crippen molar-refractivity contribution in [2.75, 3.05) is 5.75 Å². The van der Waals surface area contributed by atoms with Gasteiger partial charge in [0.1, 0.15) is 0 Å². The first-order valence-corrected chi connectivity index (χ1v) is 5.87.